The van der Waals surface area contributed by atoms with Crippen LogP contribution in [0.3, 0.4) is 0 Å². The van der Waals surface area contributed by atoms with E-state index in [1.165, 1.54) is 0 Å². The molecule has 2 aliphatic heterocycles. The molecule has 0 amide bonds. The summed E-state index contributed by atoms with van der Waals surface area (Å²) in [7, 11) is -2.85. The van der Waals surface area contributed by atoms with E-state index in [0.717, 1.165) is 19.4 Å². The van der Waals surface area contributed by atoms with Gasteiger partial charge in [-0.3, -0.25) is 0 Å². The Morgan fingerprint density at radius 1 is 1.38 bits per heavy atom. The monoisotopic (exact) mass is 205 g/mol. The molecular weight excluding hydrogens is 190 g/mol. The molecule has 2 unspecified atom stereocenters. The Bertz CT molecular complexity index is 269. The molecule has 0 radical (unpaired) electrons. The quantitative estimate of drug-likeness (QED) is 0.630. The van der Waals surface area contributed by atoms with Crippen molar-refractivity contribution in [1.82, 2.24) is 5.32 Å². The molecule has 2 rings (SSSR count). The van der Waals surface area contributed by atoms with Crippen LogP contribution in [-0.4, -0.2) is 45.2 Å². The molecule has 0 spiro atoms. The molecule has 0 aromatic heterocycles. The van der Waals surface area contributed by atoms with Gasteiger partial charge >= 0.3 is 0 Å². The van der Waals surface area contributed by atoms with Crippen LogP contribution in [0.2, 0.25) is 0 Å². The van der Waals surface area contributed by atoms with Gasteiger partial charge in [0.05, 0.1) is 23.7 Å². The summed E-state index contributed by atoms with van der Waals surface area (Å²) in [5.74, 6) is 0.345. The lowest BCUT2D eigenvalue weighted by Crippen LogP contribution is -2.46. The molecule has 5 heteroatoms. The van der Waals surface area contributed by atoms with Crippen molar-refractivity contribution < 1.29 is 13.2 Å². The number of nitrogens with one attached hydrogen (secondary N) is 1. The lowest BCUT2D eigenvalue weighted by Gasteiger charge is -2.27. The van der Waals surface area contributed by atoms with Gasteiger partial charge < -0.3 is 10.1 Å². The third-order valence-corrected chi connectivity index (χ3v) is 5.07. The third kappa shape index (κ3) is 1.87. The van der Waals surface area contributed by atoms with Gasteiger partial charge in [0.1, 0.15) is 0 Å². The standard InChI is InChI=1S/C8H15NO3S/c10-13(11)5-1-2-8(13)7-6-9-3-4-12-7/h7-9H,1-6H2. The second-order valence-electron chi connectivity index (χ2n) is 3.66. The summed E-state index contributed by atoms with van der Waals surface area (Å²) >= 11 is 0. The highest BCUT2D eigenvalue weighted by Gasteiger charge is 2.38. The Hall–Kier alpha value is -0.130. The number of rotatable bonds is 1. The molecule has 2 saturated heterocycles. The second-order valence-corrected chi connectivity index (χ2v) is 6.00. The van der Waals surface area contributed by atoms with Gasteiger partial charge in [0.15, 0.2) is 9.84 Å². The van der Waals surface area contributed by atoms with Gasteiger partial charge in [-0.1, -0.05) is 0 Å². The summed E-state index contributed by atoms with van der Waals surface area (Å²) in [5, 5.41) is 2.91. The maximum absolute atomic E-state index is 11.6. The normalized spacial score (nSPS) is 39.1. The first-order chi connectivity index (χ1) is 6.20. The highest BCUT2D eigenvalue weighted by atomic mass is 32.2. The van der Waals surface area contributed by atoms with E-state index in [1.807, 2.05) is 0 Å². The fourth-order valence-electron chi connectivity index (χ4n) is 2.06. The minimum Gasteiger partial charge on any atom is -0.374 e. The zero-order chi connectivity index (χ0) is 9.31. The largest absolute Gasteiger partial charge is 0.374 e. The molecule has 1 N–H and O–H groups in total. The SMILES string of the molecule is O=S1(=O)CCCC1C1CNCCO1. The van der Waals surface area contributed by atoms with Crippen LogP contribution in [0.1, 0.15) is 12.8 Å². The summed E-state index contributed by atoms with van der Waals surface area (Å²) in [6.07, 6.45) is 1.46. The van der Waals surface area contributed by atoms with Gasteiger partial charge in [-0.05, 0) is 12.8 Å². The van der Waals surface area contributed by atoms with E-state index in [-0.39, 0.29) is 11.4 Å². The second kappa shape index (κ2) is 3.55. The van der Waals surface area contributed by atoms with Crippen LogP contribution in [0.25, 0.3) is 0 Å². The molecule has 2 heterocycles. The van der Waals surface area contributed by atoms with Crippen molar-refractivity contribution in [1.29, 1.82) is 0 Å². The van der Waals surface area contributed by atoms with E-state index >= 15 is 0 Å². The van der Waals surface area contributed by atoms with Crippen LogP contribution in [0.5, 0.6) is 0 Å². The summed E-state index contributed by atoms with van der Waals surface area (Å²) in [5.41, 5.74) is 0. The van der Waals surface area contributed by atoms with E-state index in [2.05, 4.69) is 5.32 Å². The molecule has 13 heavy (non-hydrogen) atoms. The molecule has 0 aromatic carbocycles. The van der Waals surface area contributed by atoms with Crippen LogP contribution < -0.4 is 5.32 Å². The van der Waals surface area contributed by atoms with Crippen molar-refractivity contribution in [3.63, 3.8) is 0 Å². The topological polar surface area (TPSA) is 55.4 Å². The first kappa shape index (κ1) is 9.43. The highest BCUT2D eigenvalue weighted by molar-refractivity contribution is 7.92. The number of morpholine rings is 1. The fraction of sp³-hybridized carbons (Fsp3) is 1.00. The predicted octanol–water partition coefficient (Wildman–Crippen LogP) is -0.448. The zero-order valence-electron chi connectivity index (χ0n) is 7.53. The Morgan fingerprint density at radius 2 is 2.23 bits per heavy atom. The zero-order valence-corrected chi connectivity index (χ0v) is 8.35. The first-order valence-electron chi connectivity index (χ1n) is 4.74. The first-order valence-corrected chi connectivity index (χ1v) is 6.45. The number of hydrogen-bond donors (Lipinski definition) is 1. The molecule has 76 valence electrons. The van der Waals surface area contributed by atoms with E-state index in [0.29, 0.717) is 18.9 Å². The van der Waals surface area contributed by atoms with E-state index in [9.17, 15) is 8.42 Å². The fourth-order valence-corrected chi connectivity index (χ4v) is 4.09. The lowest BCUT2D eigenvalue weighted by atomic mass is 10.1. The summed E-state index contributed by atoms with van der Waals surface area (Å²) in [4.78, 5) is 0. The molecular formula is C8H15NO3S. The van der Waals surface area contributed by atoms with E-state index in [4.69, 9.17) is 4.74 Å². The molecule has 0 aromatic rings. The van der Waals surface area contributed by atoms with Crippen LogP contribution in [0.4, 0.5) is 0 Å². The maximum Gasteiger partial charge on any atom is 0.155 e. The summed E-state index contributed by atoms with van der Waals surface area (Å²) in [6.45, 7) is 2.16. The van der Waals surface area contributed by atoms with Crippen molar-refractivity contribution in [3.05, 3.63) is 0 Å². The van der Waals surface area contributed by atoms with Crippen molar-refractivity contribution >= 4 is 9.84 Å². The Morgan fingerprint density at radius 3 is 2.77 bits per heavy atom. The van der Waals surface area contributed by atoms with Gasteiger partial charge in [-0.15, -0.1) is 0 Å². The Balaban J connectivity index is 2.07. The third-order valence-electron chi connectivity index (χ3n) is 2.75. The van der Waals surface area contributed by atoms with Crippen molar-refractivity contribution in [2.45, 2.75) is 24.2 Å². The van der Waals surface area contributed by atoms with E-state index in [1.54, 1.807) is 0 Å². The van der Waals surface area contributed by atoms with Gasteiger partial charge in [-0.25, -0.2) is 8.42 Å². The van der Waals surface area contributed by atoms with Gasteiger partial charge in [0, 0.05) is 13.1 Å². The van der Waals surface area contributed by atoms with Crippen molar-refractivity contribution in [2.75, 3.05) is 25.4 Å². The molecule has 0 saturated carbocycles. The Kier molecular flexibility index (Phi) is 2.58. The number of hydrogen-bond acceptors (Lipinski definition) is 4. The van der Waals surface area contributed by atoms with Gasteiger partial charge in [-0.2, -0.15) is 0 Å². The van der Waals surface area contributed by atoms with Crippen LogP contribution in [0, 0.1) is 0 Å². The molecule has 2 fully saturated rings. The molecule has 2 atom stereocenters. The molecule has 2 aliphatic rings. The molecule has 0 aliphatic carbocycles. The van der Waals surface area contributed by atoms with Crippen molar-refractivity contribution in [2.24, 2.45) is 0 Å². The molecule has 4 nitrogen and oxygen atoms in total. The molecule has 0 bridgehead atoms. The summed E-state index contributed by atoms with van der Waals surface area (Å²) < 4.78 is 28.6. The highest BCUT2D eigenvalue weighted by Crippen LogP contribution is 2.25. The summed E-state index contributed by atoms with van der Waals surface area (Å²) in [6, 6.07) is 0. The van der Waals surface area contributed by atoms with Gasteiger partial charge in [0.25, 0.3) is 0 Å². The van der Waals surface area contributed by atoms with Crippen molar-refractivity contribution in [3.8, 4) is 0 Å². The maximum atomic E-state index is 11.6. The minimum atomic E-state index is -2.85. The average molecular weight is 205 g/mol. The predicted molar refractivity (Wildman–Crippen MR) is 49.4 cm³/mol. The lowest BCUT2D eigenvalue weighted by molar-refractivity contribution is 0.0260. The average Bonchev–Trinajstić information content (AvgIpc) is 2.47. The van der Waals surface area contributed by atoms with Crippen LogP contribution >= 0.6 is 0 Å². The van der Waals surface area contributed by atoms with Gasteiger partial charge in [0.2, 0.25) is 0 Å². The Labute approximate surface area is 78.6 Å². The van der Waals surface area contributed by atoms with E-state index < -0.39 is 9.84 Å². The number of sulfone groups is 1. The smallest absolute Gasteiger partial charge is 0.155 e. The minimum absolute atomic E-state index is 0.110. The van der Waals surface area contributed by atoms with Crippen LogP contribution in [0.15, 0.2) is 0 Å². The van der Waals surface area contributed by atoms with Crippen LogP contribution in [-0.2, 0) is 14.6 Å². The number of ether oxygens (including phenoxy) is 1.